The van der Waals surface area contributed by atoms with Gasteiger partial charge in [0, 0.05) is 17.3 Å². The molecule has 5 nitrogen and oxygen atoms in total. The molecule has 0 aliphatic carbocycles. The van der Waals surface area contributed by atoms with Gasteiger partial charge in [-0.3, -0.25) is 0 Å². The predicted molar refractivity (Wildman–Crippen MR) is 102 cm³/mol. The highest BCUT2D eigenvalue weighted by molar-refractivity contribution is 5.69. The van der Waals surface area contributed by atoms with E-state index in [2.05, 4.69) is 24.5 Å². The van der Waals surface area contributed by atoms with Crippen molar-refractivity contribution in [3.8, 4) is 5.75 Å². The van der Waals surface area contributed by atoms with Crippen molar-refractivity contribution in [3.05, 3.63) is 59.7 Å². The molecular formula is C21H26N2O3. The van der Waals surface area contributed by atoms with Crippen LogP contribution in [-0.4, -0.2) is 19.2 Å². The average Bonchev–Trinajstić information content (AvgIpc) is 2.66. The molecule has 0 aromatic heterocycles. The fourth-order valence-electron chi connectivity index (χ4n) is 3.21. The van der Waals surface area contributed by atoms with Gasteiger partial charge < -0.3 is 20.1 Å². The van der Waals surface area contributed by atoms with E-state index < -0.39 is 6.09 Å². The molecule has 2 aromatic rings. The number of alkyl carbamates (subject to hydrolysis) is 1. The van der Waals surface area contributed by atoms with Crippen molar-refractivity contribution in [1.82, 2.24) is 5.32 Å². The van der Waals surface area contributed by atoms with E-state index in [4.69, 9.17) is 9.47 Å². The first-order valence-electron chi connectivity index (χ1n) is 8.98. The Labute approximate surface area is 154 Å². The molecule has 0 fully saturated rings. The summed E-state index contributed by atoms with van der Waals surface area (Å²) in [5.41, 5.74) is 3.03. The van der Waals surface area contributed by atoms with Gasteiger partial charge in [-0.05, 0) is 36.1 Å². The van der Waals surface area contributed by atoms with Crippen molar-refractivity contribution in [1.29, 1.82) is 0 Å². The molecule has 0 bridgehead atoms. The van der Waals surface area contributed by atoms with Crippen LogP contribution in [0.1, 0.15) is 37.4 Å². The summed E-state index contributed by atoms with van der Waals surface area (Å²) in [6, 6.07) is 15.8. The van der Waals surface area contributed by atoms with Crippen LogP contribution in [0, 0.1) is 5.92 Å². The molecule has 0 radical (unpaired) electrons. The molecule has 5 heteroatoms. The summed E-state index contributed by atoms with van der Waals surface area (Å²) in [6.45, 7) is 4.62. The van der Waals surface area contributed by atoms with Crippen molar-refractivity contribution in [2.45, 2.75) is 39.0 Å². The molecule has 0 unspecified atom stereocenters. The molecule has 1 aliphatic heterocycles. The molecule has 2 atom stereocenters. The lowest BCUT2D eigenvalue weighted by molar-refractivity contribution is 0.134. The number of methoxy groups -OCH3 is 1. The van der Waals surface area contributed by atoms with E-state index in [1.807, 2.05) is 48.5 Å². The second kappa shape index (κ2) is 8.13. The number of carbonyl (C=O) groups is 1. The maximum atomic E-state index is 12.3. The van der Waals surface area contributed by atoms with Crippen LogP contribution in [0.4, 0.5) is 10.5 Å². The molecular weight excluding hydrogens is 328 g/mol. The molecule has 1 heterocycles. The Hall–Kier alpha value is -2.69. The predicted octanol–water partition coefficient (Wildman–Crippen LogP) is 4.50. The van der Waals surface area contributed by atoms with E-state index in [0.717, 1.165) is 29.0 Å². The van der Waals surface area contributed by atoms with Gasteiger partial charge in [0.25, 0.3) is 0 Å². The molecule has 1 aliphatic rings. The summed E-state index contributed by atoms with van der Waals surface area (Å²) in [5, 5.41) is 6.59. The van der Waals surface area contributed by atoms with Crippen LogP contribution >= 0.6 is 0 Å². The first kappa shape index (κ1) is 18.1. The Morgan fingerprint density at radius 2 is 2.00 bits per heavy atom. The maximum Gasteiger partial charge on any atom is 0.407 e. The number of rotatable bonds is 5. The van der Waals surface area contributed by atoms with E-state index >= 15 is 0 Å². The van der Waals surface area contributed by atoms with Gasteiger partial charge in [0.1, 0.15) is 12.4 Å². The normalized spacial score (nSPS) is 18.6. The number of ether oxygens (including phenoxy) is 2. The van der Waals surface area contributed by atoms with Gasteiger partial charge in [-0.25, -0.2) is 4.79 Å². The fourth-order valence-corrected chi connectivity index (χ4v) is 3.21. The van der Waals surface area contributed by atoms with Gasteiger partial charge >= 0.3 is 6.09 Å². The molecule has 2 N–H and O–H groups in total. The number of anilines is 1. The molecule has 0 saturated carbocycles. The van der Waals surface area contributed by atoms with Gasteiger partial charge in [-0.2, -0.15) is 0 Å². The zero-order valence-electron chi connectivity index (χ0n) is 15.5. The number of amides is 1. The van der Waals surface area contributed by atoms with Crippen LogP contribution in [0.3, 0.4) is 0 Å². The maximum absolute atomic E-state index is 12.3. The highest BCUT2D eigenvalue weighted by Gasteiger charge is 2.30. The quantitative estimate of drug-likeness (QED) is 0.830. The fraction of sp³-hybridized carbons (Fsp3) is 0.381. The smallest absolute Gasteiger partial charge is 0.407 e. The van der Waals surface area contributed by atoms with Crippen LogP contribution in [0.25, 0.3) is 0 Å². The molecule has 2 aromatic carbocycles. The third kappa shape index (κ3) is 4.28. The van der Waals surface area contributed by atoms with Gasteiger partial charge in [0.05, 0.1) is 13.2 Å². The molecule has 26 heavy (non-hydrogen) atoms. The topological polar surface area (TPSA) is 59.6 Å². The minimum absolute atomic E-state index is 0.114. The van der Waals surface area contributed by atoms with Crippen molar-refractivity contribution < 1.29 is 14.3 Å². The van der Waals surface area contributed by atoms with Crippen molar-refractivity contribution in [3.63, 3.8) is 0 Å². The first-order valence-corrected chi connectivity index (χ1v) is 8.98. The highest BCUT2D eigenvalue weighted by Crippen LogP contribution is 2.37. The number of nitrogens with one attached hydrogen (secondary N) is 2. The summed E-state index contributed by atoms with van der Waals surface area (Å²) in [6.07, 6.45) is 0.398. The molecule has 138 valence electrons. The van der Waals surface area contributed by atoms with Gasteiger partial charge in [0.2, 0.25) is 0 Å². The average molecular weight is 354 g/mol. The van der Waals surface area contributed by atoms with Gasteiger partial charge in [0.15, 0.2) is 0 Å². The Kier molecular flexibility index (Phi) is 5.66. The summed E-state index contributed by atoms with van der Waals surface area (Å²) in [5.74, 6) is 1.23. The van der Waals surface area contributed by atoms with Crippen molar-refractivity contribution in [2.24, 2.45) is 5.92 Å². The lowest BCUT2D eigenvalue weighted by Gasteiger charge is -2.35. The zero-order valence-corrected chi connectivity index (χ0v) is 15.5. The molecule has 0 saturated heterocycles. The SMILES string of the molecule is COc1ccc2c(c1)[C@@H](NC(=O)OCc1ccccc1)C[C@@H](C(C)C)N2. The van der Waals surface area contributed by atoms with Gasteiger partial charge in [-0.1, -0.05) is 44.2 Å². The van der Waals surface area contributed by atoms with Crippen LogP contribution in [-0.2, 0) is 11.3 Å². The Balaban J connectivity index is 1.71. The zero-order chi connectivity index (χ0) is 18.5. The summed E-state index contributed by atoms with van der Waals surface area (Å²) in [7, 11) is 1.64. The second-order valence-corrected chi connectivity index (χ2v) is 6.94. The third-order valence-corrected chi connectivity index (χ3v) is 4.77. The minimum atomic E-state index is -0.406. The number of carbonyl (C=O) groups excluding carboxylic acids is 1. The largest absolute Gasteiger partial charge is 0.497 e. The molecule has 1 amide bonds. The lowest BCUT2D eigenvalue weighted by Crippen LogP contribution is -2.39. The van der Waals surface area contributed by atoms with E-state index in [1.54, 1.807) is 7.11 Å². The van der Waals surface area contributed by atoms with Crippen LogP contribution in [0.5, 0.6) is 5.75 Å². The van der Waals surface area contributed by atoms with E-state index in [0.29, 0.717) is 5.92 Å². The first-order chi connectivity index (χ1) is 12.6. The van der Waals surface area contributed by atoms with Crippen molar-refractivity contribution >= 4 is 11.8 Å². The number of fused-ring (bicyclic) bond motifs is 1. The Bertz CT molecular complexity index is 746. The second-order valence-electron chi connectivity index (χ2n) is 6.94. The van der Waals surface area contributed by atoms with E-state index in [-0.39, 0.29) is 18.7 Å². The number of benzene rings is 2. The van der Waals surface area contributed by atoms with E-state index in [1.165, 1.54) is 0 Å². The van der Waals surface area contributed by atoms with Gasteiger partial charge in [-0.15, -0.1) is 0 Å². The number of hydrogen-bond acceptors (Lipinski definition) is 4. The molecule has 0 spiro atoms. The molecule has 3 rings (SSSR count). The standard InChI is InChI=1S/C21H26N2O3/c1-14(2)19-12-20(17-11-16(25-3)9-10-18(17)22-19)23-21(24)26-13-15-7-5-4-6-8-15/h4-11,14,19-20,22H,12-13H2,1-3H3,(H,23,24)/t19-,20-/m0/s1. The summed E-state index contributed by atoms with van der Waals surface area (Å²) >= 11 is 0. The summed E-state index contributed by atoms with van der Waals surface area (Å²) < 4.78 is 10.7. The van der Waals surface area contributed by atoms with Crippen LogP contribution < -0.4 is 15.4 Å². The van der Waals surface area contributed by atoms with Crippen molar-refractivity contribution in [2.75, 3.05) is 12.4 Å². The highest BCUT2D eigenvalue weighted by atomic mass is 16.5. The number of hydrogen-bond donors (Lipinski definition) is 2. The Morgan fingerprint density at radius 1 is 1.23 bits per heavy atom. The third-order valence-electron chi connectivity index (χ3n) is 4.77. The van der Waals surface area contributed by atoms with Crippen LogP contribution in [0.15, 0.2) is 48.5 Å². The monoisotopic (exact) mass is 354 g/mol. The van der Waals surface area contributed by atoms with E-state index in [9.17, 15) is 4.79 Å². The van der Waals surface area contributed by atoms with Crippen LogP contribution in [0.2, 0.25) is 0 Å². The lowest BCUT2D eigenvalue weighted by atomic mass is 9.87. The Morgan fingerprint density at radius 3 is 2.69 bits per heavy atom. The summed E-state index contributed by atoms with van der Waals surface area (Å²) in [4.78, 5) is 12.3. The minimum Gasteiger partial charge on any atom is -0.497 e.